The van der Waals surface area contributed by atoms with Gasteiger partial charge in [0, 0.05) is 27.2 Å². The number of anilines is 1. The minimum Gasteiger partial charge on any atom is -0.493 e. The van der Waals surface area contributed by atoms with E-state index in [0.29, 0.717) is 29.5 Å². The molecule has 1 N–H and O–H groups in total. The highest BCUT2D eigenvalue weighted by atomic mass is 16.5. The van der Waals surface area contributed by atoms with Crippen LogP contribution in [0.4, 0.5) is 5.95 Å². The molecule has 12 heteroatoms. The van der Waals surface area contributed by atoms with Gasteiger partial charge in [-0.2, -0.15) is 4.98 Å². The van der Waals surface area contributed by atoms with Gasteiger partial charge in [-0.15, -0.1) is 0 Å². The molecule has 1 saturated carbocycles. The third kappa shape index (κ3) is 5.19. The highest BCUT2D eigenvalue weighted by Crippen LogP contribution is 2.33. The molecule has 0 radical (unpaired) electrons. The number of methoxy groups -OCH3 is 3. The Kier molecular flexibility index (Phi) is 7.86. The maximum atomic E-state index is 13.2. The summed E-state index contributed by atoms with van der Waals surface area (Å²) in [4.78, 5) is 44.0. The van der Waals surface area contributed by atoms with Crippen molar-refractivity contribution in [2.45, 2.75) is 38.9 Å². The van der Waals surface area contributed by atoms with Crippen LogP contribution in [0.2, 0.25) is 0 Å². The Morgan fingerprint density at radius 1 is 1.14 bits per heavy atom. The van der Waals surface area contributed by atoms with Gasteiger partial charge >= 0.3 is 11.7 Å². The van der Waals surface area contributed by atoms with Gasteiger partial charge in [0.1, 0.15) is 0 Å². The van der Waals surface area contributed by atoms with Crippen molar-refractivity contribution in [1.82, 2.24) is 18.7 Å². The summed E-state index contributed by atoms with van der Waals surface area (Å²) < 4.78 is 25.6. The number of imidazole rings is 1. The molecule has 0 bridgehead atoms. The number of esters is 1. The molecule has 0 amide bonds. The van der Waals surface area contributed by atoms with Crippen LogP contribution in [0, 0.1) is 5.92 Å². The van der Waals surface area contributed by atoms with Crippen LogP contribution in [-0.4, -0.2) is 59.2 Å². The molecule has 1 atom stereocenters. The Hall–Kier alpha value is -3.80. The van der Waals surface area contributed by atoms with E-state index >= 15 is 0 Å². The third-order valence-electron chi connectivity index (χ3n) is 6.42. The lowest BCUT2D eigenvalue weighted by atomic mass is 10.1. The van der Waals surface area contributed by atoms with Crippen molar-refractivity contribution in [1.29, 1.82) is 0 Å². The van der Waals surface area contributed by atoms with Crippen molar-refractivity contribution in [3.05, 3.63) is 44.6 Å². The van der Waals surface area contributed by atoms with Gasteiger partial charge in [0.15, 0.2) is 28.7 Å². The first-order chi connectivity index (χ1) is 17.8. The van der Waals surface area contributed by atoms with E-state index in [4.69, 9.17) is 18.9 Å². The van der Waals surface area contributed by atoms with Crippen molar-refractivity contribution >= 4 is 23.1 Å². The van der Waals surface area contributed by atoms with Crippen LogP contribution in [0.3, 0.4) is 0 Å². The second kappa shape index (κ2) is 11.1. The summed E-state index contributed by atoms with van der Waals surface area (Å²) in [6.07, 6.45) is 2.05. The van der Waals surface area contributed by atoms with Gasteiger partial charge in [-0.3, -0.25) is 13.9 Å². The molecule has 1 aliphatic carbocycles. The largest absolute Gasteiger partial charge is 0.493 e. The molecule has 1 aromatic carbocycles. The van der Waals surface area contributed by atoms with Gasteiger partial charge in [-0.05, 0) is 43.4 Å². The summed E-state index contributed by atoms with van der Waals surface area (Å²) in [6.45, 7) is 2.92. The minimum atomic E-state index is -0.981. The normalized spacial score (nSPS) is 14.0. The van der Waals surface area contributed by atoms with Crippen molar-refractivity contribution < 1.29 is 23.7 Å². The van der Waals surface area contributed by atoms with E-state index < -0.39 is 23.3 Å². The maximum absolute atomic E-state index is 13.2. The fraction of sp³-hybridized carbons (Fsp3) is 0.520. The quantitative estimate of drug-likeness (QED) is 0.358. The van der Waals surface area contributed by atoms with Gasteiger partial charge in [0.25, 0.3) is 5.56 Å². The maximum Gasteiger partial charge on any atom is 0.333 e. The average molecular weight is 516 g/mol. The van der Waals surface area contributed by atoms with E-state index in [-0.39, 0.29) is 36.9 Å². The fourth-order valence-corrected chi connectivity index (χ4v) is 4.26. The molecule has 3 aromatic rings. The highest BCUT2D eigenvalue weighted by Gasteiger charge is 2.29. The lowest BCUT2D eigenvalue weighted by Crippen LogP contribution is -2.39. The van der Waals surface area contributed by atoms with E-state index in [1.165, 1.54) is 21.3 Å². The second-order valence-electron chi connectivity index (χ2n) is 8.90. The molecule has 1 aliphatic rings. The molecule has 0 unspecified atom stereocenters. The van der Waals surface area contributed by atoms with Gasteiger partial charge in [0.2, 0.25) is 5.95 Å². The van der Waals surface area contributed by atoms with Gasteiger partial charge in [-0.25, -0.2) is 9.59 Å². The van der Waals surface area contributed by atoms with Crippen LogP contribution in [0.25, 0.3) is 11.2 Å². The summed E-state index contributed by atoms with van der Waals surface area (Å²) in [6, 6.07) is 4.11. The number of fused-ring (bicyclic) bond motifs is 1. The predicted molar refractivity (Wildman–Crippen MR) is 136 cm³/mol. The van der Waals surface area contributed by atoms with E-state index in [2.05, 4.69) is 10.3 Å². The molecule has 2 aromatic heterocycles. The molecule has 12 nitrogen and oxygen atoms in total. The van der Waals surface area contributed by atoms with Crippen LogP contribution in [0.5, 0.6) is 11.5 Å². The number of rotatable bonds is 12. The number of hydrogen-bond donors (Lipinski definition) is 1. The molecule has 37 heavy (non-hydrogen) atoms. The lowest BCUT2D eigenvalue weighted by molar-refractivity contribution is -0.144. The molecule has 0 aliphatic heterocycles. The van der Waals surface area contributed by atoms with E-state index in [1.807, 2.05) is 0 Å². The Bertz CT molecular complexity index is 1400. The van der Waals surface area contributed by atoms with Crippen molar-refractivity contribution in [3.63, 3.8) is 0 Å². The topological polar surface area (TPSA) is 128 Å². The van der Waals surface area contributed by atoms with Crippen LogP contribution in [-0.2, 0) is 34.4 Å². The zero-order chi connectivity index (χ0) is 26.7. The number of nitrogens with zero attached hydrogens (tertiary/aromatic N) is 4. The van der Waals surface area contributed by atoms with Crippen LogP contribution in [0.1, 0.15) is 31.4 Å². The van der Waals surface area contributed by atoms with Crippen molar-refractivity contribution in [2.24, 2.45) is 13.0 Å². The molecule has 1 fully saturated rings. The Morgan fingerprint density at radius 2 is 1.86 bits per heavy atom. The van der Waals surface area contributed by atoms with E-state index in [0.717, 1.165) is 17.4 Å². The predicted octanol–water partition coefficient (Wildman–Crippen LogP) is 1.69. The molecular weight excluding hydrogens is 482 g/mol. The summed E-state index contributed by atoms with van der Waals surface area (Å²) in [5.41, 5.74) is 0.187. The summed E-state index contributed by atoms with van der Waals surface area (Å²) >= 11 is 0. The van der Waals surface area contributed by atoms with E-state index in [1.54, 1.807) is 41.4 Å². The van der Waals surface area contributed by atoms with Gasteiger partial charge < -0.3 is 28.8 Å². The van der Waals surface area contributed by atoms with Gasteiger partial charge in [0.05, 0.1) is 27.4 Å². The number of carbonyl (C=O) groups is 1. The SMILES string of the molecule is CCOC(=O)[C@H](Nc1nc2c(c(=O)n(C)c(=O)n2CC2CC2)n1CCOC)c1ccc(OC)c(OC)c1. The third-order valence-corrected chi connectivity index (χ3v) is 6.42. The standard InChI is InChI=1S/C25H33N5O7/c1-6-37-23(32)19(16-9-10-17(35-4)18(13-16)36-5)26-24-27-21-20(29(24)11-12-34-3)22(31)28(2)25(33)30(21)14-15-7-8-15/h9-10,13,15,19H,6-8,11-12,14H2,1-5H3,(H,26,27)/t19-/m1/s1. The first kappa shape index (κ1) is 26.3. The number of carbonyl (C=O) groups excluding carboxylic acids is 1. The monoisotopic (exact) mass is 515 g/mol. The van der Waals surface area contributed by atoms with Crippen LogP contribution in [0.15, 0.2) is 27.8 Å². The second-order valence-corrected chi connectivity index (χ2v) is 8.90. The molecule has 4 rings (SSSR count). The zero-order valence-electron chi connectivity index (χ0n) is 21.8. The summed E-state index contributed by atoms with van der Waals surface area (Å²) in [5, 5.41) is 3.16. The highest BCUT2D eigenvalue weighted by molar-refractivity contribution is 5.82. The van der Waals surface area contributed by atoms with E-state index in [9.17, 15) is 14.4 Å². The molecule has 0 saturated heterocycles. The van der Waals surface area contributed by atoms with Crippen LogP contribution < -0.4 is 26.0 Å². The number of hydrogen-bond acceptors (Lipinski definition) is 9. The average Bonchev–Trinajstić information content (AvgIpc) is 3.66. The molecule has 0 spiro atoms. The number of nitrogens with one attached hydrogen (secondary N) is 1. The van der Waals surface area contributed by atoms with Crippen molar-refractivity contribution in [3.8, 4) is 11.5 Å². The minimum absolute atomic E-state index is 0.172. The Labute approximate surface area is 213 Å². The smallest absolute Gasteiger partial charge is 0.333 e. The molecule has 2 heterocycles. The van der Waals surface area contributed by atoms with Crippen LogP contribution >= 0.6 is 0 Å². The summed E-state index contributed by atoms with van der Waals surface area (Å²) in [5.74, 6) is 1.03. The first-order valence-electron chi connectivity index (χ1n) is 12.2. The molecule has 200 valence electrons. The lowest BCUT2D eigenvalue weighted by Gasteiger charge is -2.20. The molecular formula is C25H33N5O7. The number of benzene rings is 1. The van der Waals surface area contributed by atoms with Gasteiger partial charge in [-0.1, -0.05) is 6.07 Å². The fourth-order valence-electron chi connectivity index (χ4n) is 4.26. The summed E-state index contributed by atoms with van der Waals surface area (Å²) in [7, 11) is 6.05. The first-order valence-corrected chi connectivity index (χ1v) is 12.2. The number of ether oxygens (including phenoxy) is 4. The zero-order valence-corrected chi connectivity index (χ0v) is 21.8. The van der Waals surface area contributed by atoms with Crippen molar-refractivity contribution in [2.75, 3.05) is 39.9 Å². The number of aromatic nitrogens is 4. The Balaban J connectivity index is 1.88. The Morgan fingerprint density at radius 3 is 2.49 bits per heavy atom.